The number of hydrogen-bond acceptors (Lipinski definition) is 3. The molecule has 2 aromatic carbocycles. The molecule has 0 radical (unpaired) electrons. The van der Waals surface area contributed by atoms with Crippen LogP contribution in [0.3, 0.4) is 0 Å². The summed E-state index contributed by atoms with van der Waals surface area (Å²) in [7, 11) is 1.75. The minimum Gasteiger partial charge on any atom is -0.450 e. The van der Waals surface area contributed by atoms with Crippen LogP contribution in [0.4, 0.5) is 10.5 Å². The standard InChI is InChI=1S/C18H20N2O3/c1-3-23-18(22)19-16-11-7-10-15(12-16)17(21)20(2)13-14-8-5-4-6-9-14/h4-12H,3,13H2,1-2H3,(H,19,22). The summed E-state index contributed by atoms with van der Waals surface area (Å²) in [6, 6.07) is 16.6. The molecule has 0 heterocycles. The summed E-state index contributed by atoms with van der Waals surface area (Å²) < 4.78 is 4.83. The van der Waals surface area contributed by atoms with Gasteiger partial charge in [-0.3, -0.25) is 10.1 Å². The van der Waals surface area contributed by atoms with Gasteiger partial charge in [0, 0.05) is 24.8 Å². The summed E-state index contributed by atoms with van der Waals surface area (Å²) in [6.07, 6.45) is -0.533. The second kappa shape index (κ2) is 7.98. The molecule has 0 bridgehead atoms. The monoisotopic (exact) mass is 312 g/mol. The van der Waals surface area contributed by atoms with Crippen molar-refractivity contribution in [3.63, 3.8) is 0 Å². The number of amides is 2. The van der Waals surface area contributed by atoms with Gasteiger partial charge in [-0.05, 0) is 30.7 Å². The van der Waals surface area contributed by atoms with Crippen LogP contribution in [0.1, 0.15) is 22.8 Å². The van der Waals surface area contributed by atoms with Gasteiger partial charge in [-0.25, -0.2) is 4.79 Å². The van der Waals surface area contributed by atoms with E-state index >= 15 is 0 Å². The molecular weight excluding hydrogens is 292 g/mol. The van der Waals surface area contributed by atoms with Gasteiger partial charge in [0.2, 0.25) is 0 Å². The molecule has 5 nitrogen and oxygen atoms in total. The van der Waals surface area contributed by atoms with E-state index in [4.69, 9.17) is 4.74 Å². The van der Waals surface area contributed by atoms with Crippen molar-refractivity contribution < 1.29 is 14.3 Å². The van der Waals surface area contributed by atoms with E-state index in [0.29, 0.717) is 24.4 Å². The Labute approximate surface area is 135 Å². The van der Waals surface area contributed by atoms with Gasteiger partial charge < -0.3 is 9.64 Å². The van der Waals surface area contributed by atoms with Crippen LogP contribution in [0.25, 0.3) is 0 Å². The molecule has 0 aromatic heterocycles. The Hall–Kier alpha value is -2.82. The number of rotatable bonds is 5. The molecule has 0 unspecified atom stereocenters. The van der Waals surface area contributed by atoms with E-state index in [-0.39, 0.29) is 5.91 Å². The lowest BCUT2D eigenvalue weighted by molar-refractivity contribution is 0.0785. The minimum absolute atomic E-state index is 0.110. The van der Waals surface area contributed by atoms with E-state index in [1.807, 2.05) is 30.3 Å². The van der Waals surface area contributed by atoms with Crippen LogP contribution >= 0.6 is 0 Å². The topological polar surface area (TPSA) is 58.6 Å². The molecule has 0 atom stereocenters. The highest BCUT2D eigenvalue weighted by Crippen LogP contribution is 2.14. The predicted octanol–water partition coefficient (Wildman–Crippen LogP) is 3.53. The number of carbonyl (C=O) groups excluding carboxylic acids is 2. The SMILES string of the molecule is CCOC(=O)Nc1cccc(C(=O)N(C)Cc2ccccc2)c1. The van der Waals surface area contributed by atoms with E-state index < -0.39 is 6.09 Å². The van der Waals surface area contributed by atoms with Crippen LogP contribution in [-0.4, -0.2) is 30.6 Å². The molecule has 5 heteroatoms. The van der Waals surface area contributed by atoms with Gasteiger partial charge in [0.25, 0.3) is 5.91 Å². The molecule has 23 heavy (non-hydrogen) atoms. The fourth-order valence-corrected chi connectivity index (χ4v) is 2.16. The van der Waals surface area contributed by atoms with Crippen molar-refractivity contribution in [2.45, 2.75) is 13.5 Å². The minimum atomic E-state index is -0.533. The predicted molar refractivity (Wildman–Crippen MR) is 89.3 cm³/mol. The molecule has 2 amide bonds. The van der Waals surface area contributed by atoms with Crippen LogP contribution in [0, 0.1) is 0 Å². The van der Waals surface area contributed by atoms with Crippen molar-refractivity contribution in [1.82, 2.24) is 4.90 Å². The Morgan fingerprint density at radius 2 is 1.83 bits per heavy atom. The fourth-order valence-electron chi connectivity index (χ4n) is 2.16. The first-order valence-corrected chi connectivity index (χ1v) is 7.43. The molecule has 0 aliphatic heterocycles. The quantitative estimate of drug-likeness (QED) is 0.919. The average Bonchev–Trinajstić information content (AvgIpc) is 2.55. The van der Waals surface area contributed by atoms with Gasteiger partial charge in [-0.2, -0.15) is 0 Å². The van der Waals surface area contributed by atoms with E-state index in [9.17, 15) is 9.59 Å². The molecule has 2 aromatic rings. The molecule has 120 valence electrons. The first kappa shape index (κ1) is 16.5. The lowest BCUT2D eigenvalue weighted by Gasteiger charge is -2.18. The van der Waals surface area contributed by atoms with Crippen LogP contribution in [0.2, 0.25) is 0 Å². The first-order valence-electron chi connectivity index (χ1n) is 7.43. The maximum absolute atomic E-state index is 12.5. The Morgan fingerprint density at radius 1 is 1.09 bits per heavy atom. The number of benzene rings is 2. The number of nitrogens with zero attached hydrogens (tertiary/aromatic N) is 1. The summed E-state index contributed by atoms with van der Waals surface area (Å²) >= 11 is 0. The highest BCUT2D eigenvalue weighted by molar-refractivity contribution is 5.96. The molecule has 0 saturated heterocycles. The third-order valence-corrected chi connectivity index (χ3v) is 3.24. The summed E-state index contributed by atoms with van der Waals surface area (Å²) in [4.78, 5) is 25.6. The Kier molecular flexibility index (Phi) is 5.74. The van der Waals surface area contributed by atoms with Crippen molar-refractivity contribution in [3.8, 4) is 0 Å². The van der Waals surface area contributed by atoms with Crippen LogP contribution < -0.4 is 5.32 Å². The Bertz CT molecular complexity index is 671. The molecular formula is C18H20N2O3. The van der Waals surface area contributed by atoms with Crippen LogP contribution in [-0.2, 0) is 11.3 Å². The molecule has 0 saturated carbocycles. The lowest BCUT2D eigenvalue weighted by atomic mass is 10.1. The first-order chi connectivity index (χ1) is 11.1. The van der Waals surface area contributed by atoms with Gasteiger partial charge in [0.05, 0.1) is 6.61 Å². The fraction of sp³-hybridized carbons (Fsp3) is 0.222. The second-order valence-electron chi connectivity index (χ2n) is 5.07. The molecule has 0 aliphatic carbocycles. The van der Waals surface area contributed by atoms with Gasteiger partial charge >= 0.3 is 6.09 Å². The number of nitrogens with one attached hydrogen (secondary N) is 1. The smallest absolute Gasteiger partial charge is 0.411 e. The molecule has 0 spiro atoms. The Morgan fingerprint density at radius 3 is 2.52 bits per heavy atom. The molecule has 0 fully saturated rings. The van der Waals surface area contributed by atoms with Crippen molar-refractivity contribution in [1.29, 1.82) is 0 Å². The highest BCUT2D eigenvalue weighted by atomic mass is 16.5. The third kappa shape index (κ3) is 4.85. The van der Waals surface area contributed by atoms with Crippen LogP contribution in [0.15, 0.2) is 54.6 Å². The van der Waals surface area contributed by atoms with Gasteiger partial charge in [-0.1, -0.05) is 36.4 Å². The zero-order valence-electron chi connectivity index (χ0n) is 13.3. The highest BCUT2D eigenvalue weighted by Gasteiger charge is 2.13. The maximum atomic E-state index is 12.5. The van der Waals surface area contributed by atoms with Gasteiger partial charge in [0.1, 0.15) is 0 Å². The number of carbonyl (C=O) groups is 2. The summed E-state index contributed by atoms with van der Waals surface area (Å²) in [6.45, 7) is 2.55. The van der Waals surface area contributed by atoms with Crippen molar-refractivity contribution >= 4 is 17.7 Å². The number of anilines is 1. The normalized spacial score (nSPS) is 10.0. The summed E-state index contributed by atoms with van der Waals surface area (Å²) in [5.41, 5.74) is 2.10. The van der Waals surface area contributed by atoms with Crippen molar-refractivity contribution in [2.24, 2.45) is 0 Å². The van der Waals surface area contributed by atoms with E-state index in [1.165, 1.54) is 0 Å². The number of hydrogen-bond donors (Lipinski definition) is 1. The summed E-state index contributed by atoms with van der Waals surface area (Å²) in [5.74, 6) is -0.110. The number of ether oxygens (including phenoxy) is 1. The van der Waals surface area contributed by atoms with E-state index in [0.717, 1.165) is 5.56 Å². The molecule has 1 N–H and O–H groups in total. The van der Waals surface area contributed by atoms with Crippen molar-refractivity contribution in [3.05, 3.63) is 65.7 Å². The van der Waals surface area contributed by atoms with Crippen LogP contribution in [0.5, 0.6) is 0 Å². The zero-order valence-corrected chi connectivity index (χ0v) is 13.3. The molecule has 2 rings (SSSR count). The van der Waals surface area contributed by atoms with Crippen molar-refractivity contribution in [2.75, 3.05) is 19.0 Å². The average molecular weight is 312 g/mol. The van der Waals surface area contributed by atoms with E-state index in [1.54, 1.807) is 43.1 Å². The largest absolute Gasteiger partial charge is 0.450 e. The third-order valence-electron chi connectivity index (χ3n) is 3.24. The zero-order chi connectivity index (χ0) is 16.7. The Balaban J connectivity index is 2.05. The molecule has 0 aliphatic rings. The lowest BCUT2D eigenvalue weighted by Crippen LogP contribution is -2.26. The van der Waals surface area contributed by atoms with Gasteiger partial charge in [-0.15, -0.1) is 0 Å². The summed E-state index contributed by atoms with van der Waals surface area (Å²) in [5, 5.41) is 2.59. The van der Waals surface area contributed by atoms with E-state index in [2.05, 4.69) is 5.32 Å². The second-order valence-corrected chi connectivity index (χ2v) is 5.07. The maximum Gasteiger partial charge on any atom is 0.411 e. The van der Waals surface area contributed by atoms with Gasteiger partial charge in [0.15, 0.2) is 0 Å².